The third-order valence-electron chi connectivity index (χ3n) is 5.45. The Morgan fingerprint density at radius 3 is 2.83 bits per heavy atom. The molecule has 1 aromatic rings. The molecular formula is C23H24BrN2O3S+. The van der Waals surface area contributed by atoms with Crippen LogP contribution in [0.3, 0.4) is 0 Å². The number of carbonyl (C=O) groups is 2. The molecule has 2 aliphatic heterocycles. The number of halogens is 1. The summed E-state index contributed by atoms with van der Waals surface area (Å²) >= 11 is 5.02. The number of amides is 2. The number of fused-ring (bicyclic) bond motifs is 1. The largest absolute Gasteiger partial charge is 0.496 e. The number of likely N-dealkylation sites (tertiary alicyclic amines) is 1. The van der Waals surface area contributed by atoms with Crippen LogP contribution in [0, 0.1) is 0 Å². The maximum absolute atomic E-state index is 13.4. The van der Waals surface area contributed by atoms with E-state index in [9.17, 15) is 9.59 Å². The van der Waals surface area contributed by atoms with E-state index in [0.29, 0.717) is 4.91 Å². The lowest BCUT2D eigenvalue weighted by atomic mass is 10.1. The molecule has 4 rings (SSSR count). The van der Waals surface area contributed by atoms with Crippen molar-refractivity contribution in [1.82, 2.24) is 4.90 Å². The Kier molecular flexibility index (Phi) is 6.58. The number of rotatable bonds is 4. The highest BCUT2D eigenvalue weighted by molar-refractivity contribution is 9.10. The number of nitrogens with zero attached hydrogens (tertiary/aromatic N) is 2. The Bertz CT molecular complexity index is 990. The summed E-state index contributed by atoms with van der Waals surface area (Å²) < 4.78 is 7.78. The SMILES string of the molecule is COc1ccc(/C=C2/SC3C=CC=CC3=[N+](CC(=O)N3CCCCC3)C2=O)cc1Br. The fraction of sp³-hybridized carbons (Fsp3) is 0.348. The smallest absolute Gasteiger partial charge is 0.426 e. The number of piperidine rings is 1. The molecule has 2 heterocycles. The topological polar surface area (TPSA) is 49.6 Å². The van der Waals surface area contributed by atoms with Crippen molar-refractivity contribution in [3.05, 3.63) is 57.4 Å². The summed E-state index contributed by atoms with van der Waals surface area (Å²) in [5.41, 5.74) is 1.78. The number of hydrogen-bond donors (Lipinski definition) is 0. The van der Waals surface area contributed by atoms with Gasteiger partial charge in [0.05, 0.1) is 11.6 Å². The van der Waals surface area contributed by atoms with Crippen LogP contribution >= 0.6 is 27.7 Å². The maximum Gasteiger partial charge on any atom is 0.426 e. The van der Waals surface area contributed by atoms with Gasteiger partial charge in [-0.05, 0) is 59.0 Å². The molecule has 156 valence electrons. The molecule has 1 saturated heterocycles. The van der Waals surface area contributed by atoms with Gasteiger partial charge < -0.3 is 9.64 Å². The fourth-order valence-electron chi connectivity index (χ4n) is 3.85. The number of methoxy groups -OCH3 is 1. The molecule has 0 saturated carbocycles. The third kappa shape index (κ3) is 4.47. The van der Waals surface area contributed by atoms with Gasteiger partial charge in [0, 0.05) is 19.2 Å². The zero-order valence-corrected chi connectivity index (χ0v) is 19.2. The molecule has 7 heteroatoms. The minimum Gasteiger partial charge on any atom is -0.496 e. The molecule has 1 aliphatic carbocycles. The molecule has 0 bridgehead atoms. The highest BCUT2D eigenvalue weighted by Crippen LogP contribution is 2.34. The lowest BCUT2D eigenvalue weighted by molar-refractivity contribution is -0.435. The second-order valence-corrected chi connectivity index (χ2v) is 9.48. The van der Waals surface area contributed by atoms with Crippen LogP contribution in [0.5, 0.6) is 5.75 Å². The summed E-state index contributed by atoms with van der Waals surface area (Å²) in [7, 11) is 1.62. The predicted molar refractivity (Wildman–Crippen MR) is 124 cm³/mol. The van der Waals surface area contributed by atoms with E-state index in [1.165, 1.54) is 18.2 Å². The molecule has 5 nitrogen and oxygen atoms in total. The number of hydrogen-bond acceptors (Lipinski definition) is 4. The average molecular weight is 488 g/mol. The van der Waals surface area contributed by atoms with Crippen molar-refractivity contribution in [1.29, 1.82) is 0 Å². The fourth-order valence-corrected chi connectivity index (χ4v) is 5.60. The van der Waals surface area contributed by atoms with E-state index >= 15 is 0 Å². The number of benzene rings is 1. The highest BCUT2D eigenvalue weighted by Gasteiger charge is 2.40. The van der Waals surface area contributed by atoms with Gasteiger partial charge in [0.2, 0.25) is 12.3 Å². The van der Waals surface area contributed by atoms with Crippen molar-refractivity contribution in [3.63, 3.8) is 0 Å². The standard InChI is InChI=1S/C23H24BrN2O3S/c1-29-19-10-9-16(13-17(19)24)14-21-23(28)26(18-7-3-4-8-20(18)30-21)15-22(27)25-11-5-2-6-12-25/h3-4,7-10,13-14,20H,2,5-6,11-12,15H2,1H3/q+1/b21-14+. The van der Waals surface area contributed by atoms with Crippen molar-refractivity contribution in [2.24, 2.45) is 0 Å². The highest BCUT2D eigenvalue weighted by atomic mass is 79.9. The number of thioether (sulfide) groups is 1. The van der Waals surface area contributed by atoms with E-state index in [1.807, 2.05) is 47.4 Å². The Labute approximate surface area is 189 Å². The monoisotopic (exact) mass is 487 g/mol. The van der Waals surface area contributed by atoms with E-state index in [1.54, 1.807) is 11.7 Å². The van der Waals surface area contributed by atoms with Crippen molar-refractivity contribution in [2.75, 3.05) is 26.7 Å². The van der Waals surface area contributed by atoms with Crippen LogP contribution in [0.1, 0.15) is 24.8 Å². The summed E-state index contributed by atoms with van der Waals surface area (Å²) in [6.07, 6.45) is 13.1. The van der Waals surface area contributed by atoms with Crippen LogP contribution in [0.15, 0.2) is 51.9 Å². The molecule has 0 radical (unpaired) electrons. The summed E-state index contributed by atoms with van der Waals surface area (Å²) in [4.78, 5) is 28.8. The number of allylic oxidation sites excluding steroid dienone is 3. The molecule has 30 heavy (non-hydrogen) atoms. The maximum atomic E-state index is 13.4. The molecule has 1 atom stereocenters. The first-order valence-electron chi connectivity index (χ1n) is 10.1. The minimum atomic E-state index is -0.122. The van der Waals surface area contributed by atoms with Crippen molar-refractivity contribution < 1.29 is 18.9 Å². The summed E-state index contributed by atoms with van der Waals surface area (Å²) in [6.45, 7) is 1.66. The van der Waals surface area contributed by atoms with Gasteiger partial charge in [0.15, 0.2) is 0 Å². The number of ether oxygens (including phenoxy) is 1. The van der Waals surface area contributed by atoms with Gasteiger partial charge in [0.25, 0.3) is 5.91 Å². The van der Waals surface area contributed by atoms with Crippen LogP contribution in [0.25, 0.3) is 6.08 Å². The Morgan fingerprint density at radius 2 is 2.10 bits per heavy atom. The average Bonchev–Trinajstić information content (AvgIpc) is 2.77. The minimum absolute atomic E-state index is 0.0230. The predicted octanol–water partition coefficient (Wildman–Crippen LogP) is 4.03. The summed E-state index contributed by atoms with van der Waals surface area (Å²) in [6, 6.07) is 5.72. The van der Waals surface area contributed by atoms with Gasteiger partial charge in [-0.25, -0.2) is 4.79 Å². The van der Waals surface area contributed by atoms with Crippen molar-refractivity contribution >= 4 is 51.3 Å². The third-order valence-corrected chi connectivity index (χ3v) is 7.27. The van der Waals surface area contributed by atoms with Crippen LogP contribution in [0.2, 0.25) is 0 Å². The molecular weight excluding hydrogens is 464 g/mol. The van der Waals surface area contributed by atoms with Crippen LogP contribution in [0.4, 0.5) is 0 Å². The van der Waals surface area contributed by atoms with Gasteiger partial charge >= 0.3 is 5.91 Å². The molecule has 1 fully saturated rings. The lowest BCUT2D eigenvalue weighted by Gasteiger charge is -2.27. The molecule has 1 unspecified atom stereocenters. The van der Waals surface area contributed by atoms with E-state index in [-0.39, 0.29) is 23.6 Å². The Hall–Kier alpha value is -2.12. The van der Waals surface area contributed by atoms with E-state index in [0.717, 1.165) is 47.4 Å². The Morgan fingerprint density at radius 1 is 1.30 bits per heavy atom. The zero-order chi connectivity index (χ0) is 21.1. The second-order valence-electron chi connectivity index (χ2n) is 7.44. The molecule has 2 amide bonds. The quantitative estimate of drug-likeness (QED) is 0.475. The summed E-state index contributed by atoms with van der Waals surface area (Å²) in [5.74, 6) is 0.642. The van der Waals surface area contributed by atoms with E-state index < -0.39 is 0 Å². The molecule has 3 aliphatic rings. The molecule has 0 aromatic heterocycles. The van der Waals surface area contributed by atoms with Crippen molar-refractivity contribution in [3.8, 4) is 5.75 Å². The van der Waals surface area contributed by atoms with Crippen LogP contribution in [-0.4, -0.2) is 59.0 Å². The molecule has 1 aromatic carbocycles. The first-order chi connectivity index (χ1) is 14.6. The van der Waals surface area contributed by atoms with E-state index in [2.05, 4.69) is 22.0 Å². The first kappa shape index (κ1) is 21.1. The van der Waals surface area contributed by atoms with Gasteiger partial charge in [-0.2, -0.15) is 0 Å². The van der Waals surface area contributed by atoms with Gasteiger partial charge in [-0.1, -0.05) is 36.1 Å². The van der Waals surface area contributed by atoms with Gasteiger partial charge in [-0.3, -0.25) is 4.79 Å². The Balaban J connectivity index is 1.64. The van der Waals surface area contributed by atoms with Crippen molar-refractivity contribution in [2.45, 2.75) is 24.5 Å². The van der Waals surface area contributed by atoms with Gasteiger partial charge in [0.1, 0.15) is 15.9 Å². The van der Waals surface area contributed by atoms with Crippen LogP contribution in [-0.2, 0) is 9.59 Å². The normalized spacial score (nSPS) is 22.5. The zero-order valence-electron chi connectivity index (χ0n) is 16.8. The van der Waals surface area contributed by atoms with Gasteiger partial charge in [-0.15, -0.1) is 4.58 Å². The second kappa shape index (κ2) is 9.35. The lowest BCUT2D eigenvalue weighted by Crippen LogP contribution is -2.46. The number of carbonyl (C=O) groups excluding carboxylic acids is 2. The van der Waals surface area contributed by atoms with Crippen LogP contribution < -0.4 is 4.74 Å². The first-order valence-corrected chi connectivity index (χ1v) is 11.8. The molecule has 0 spiro atoms. The summed E-state index contributed by atoms with van der Waals surface area (Å²) in [5, 5.41) is 0.0230. The molecule has 0 N–H and O–H groups in total. The van der Waals surface area contributed by atoms with E-state index in [4.69, 9.17) is 4.74 Å².